The second-order valence-electron chi connectivity index (χ2n) is 4.58. The molecule has 3 nitrogen and oxygen atoms in total. The standard InChI is InChI=1S/C16H16BrClO3/c1-11-9-13(19)10-15(18)16(11)21-8-2-7-20-14-5-3-12(17)4-6-14/h3-6,9-10,19H,2,7-8H2,1H3. The quantitative estimate of drug-likeness (QED) is 0.729. The molecule has 0 aliphatic carbocycles. The number of halogens is 2. The van der Waals surface area contributed by atoms with Crippen molar-refractivity contribution in [1.82, 2.24) is 0 Å². The monoisotopic (exact) mass is 370 g/mol. The van der Waals surface area contributed by atoms with Crippen LogP contribution in [0.5, 0.6) is 17.2 Å². The summed E-state index contributed by atoms with van der Waals surface area (Å²) in [5.74, 6) is 1.58. The largest absolute Gasteiger partial charge is 0.508 e. The van der Waals surface area contributed by atoms with Gasteiger partial charge in [-0.1, -0.05) is 27.5 Å². The van der Waals surface area contributed by atoms with Crippen LogP contribution in [0, 0.1) is 6.92 Å². The molecule has 1 N–H and O–H groups in total. The van der Waals surface area contributed by atoms with Gasteiger partial charge in [0.15, 0.2) is 0 Å². The first-order valence-corrected chi connectivity index (χ1v) is 7.73. The Morgan fingerprint density at radius 1 is 1.10 bits per heavy atom. The fourth-order valence-electron chi connectivity index (χ4n) is 1.85. The van der Waals surface area contributed by atoms with E-state index in [-0.39, 0.29) is 5.75 Å². The second-order valence-corrected chi connectivity index (χ2v) is 5.90. The van der Waals surface area contributed by atoms with Gasteiger partial charge in [-0.05, 0) is 42.8 Å². The highest BCUT2D eigenvalue weighted by Gasteiger charge is 2.07. The fourth-order valence-corrected chi connectivity index (χ4v) is 2.43. The van der Waals surface area contributed by atoms with E-state index in [2.05, 4.69) is 15.9 Å². The minimum absolute atomic E-state index is 0.142. The molecule has 0 heterocycles. The number of phenolic OH excluding ortho intramolecular Hbond substituents is 1. The van der Waals surface area contributed by atoms with E-state index in [1.54, 1.807) is 6.07 Å². The molecule has 0 saturated heterocycles. The van der Waals surface area contributed by atoms with Crippen molar-refractivity contribution in [2.75, 3.05) is 13.2 Å². The Morgan fingerprint density at radius 2 is 1.76 bits per heavy atom. The predicted octanol–water partition coefficient (Wildman–Crippen LogP) is 4.96. The number of rotatable bonds is 6. The number of benzene rings is 2. The molecule has 0 aromatic heterocycles. The lowest BCUT2D eigenvalue weighted by molar-refractivity contribution is 0.246. The molecule has 0 saturated carbocycles. The number of ether oxygens (including phenoxy) is 2. The van der Waals surface area contributed by atoms with Crippen molar-refractivity contribution < 1.29 is 14.6 Å². The number of phenols is 1. The average Bonchev–Trinajstić information content (AvgIpc) is 2.43. The zero-order valence-corrected chi connectivity index (χ0v) is 13.9. The smallest absolute Gasteiger partial charge is 0.141 e. The third-order valence-electron chi connectivity index (χ3n) is 2.83. The van der Waals surface area contributed by atoms with Gasteiger partial charge in [0.05, 0.1) is 18.2 Å². The third-order valence-corrected chi connectivity index (χ3v) is 3.64. The molecule has 0 aliphatic heterocycles. The van der Waals surface area contributed by atoms with Gasteiger partial charge in [-0.15, -0.1) is 0 Å². The van der Waals surface area contributed by atoms with Crippen LogP contribution < -0.4 is 9.47 Å². The van der Waals surface area contributed by atoms with Crippen molar-refractivity contribution >= 4 is 27.5 Å². The maximum atomic E-state index is 9.41. The first-order chi connectivity index (χ1) is 10.1. The number of aryl methyl sites for hydroxylation is 1. The Morgan fingerprint density at radius 3 is 2.43 bits per heavy atom. The van der Waals surface area contributed by atoms with Crippen LogP contribution in [0.3, 0.4) is 0 Å². The van der Waals surface area contributed by atoms with E-state index >= 15 is 0 Å². The van der Waals surface area contributed by atoms with E-state index in [4.69, 9.17) is 21.1 Å². The lowest BCUT2D eigenvalue weighted by Gasteiger charge is -2.12. The zero-order valence-electron chi connectivity index (χ0n) is 11.6. The van der Waals surface area contributed by atoms with Gasteiger partial charge in [-0.25, -0.2) is 0 Å². The molecule has 0 atom stereocenters. The van der Waals surface area contributed by atoms with Crippen molar-refractivity contribution in [1.29, 1.82) is 0 Å². The van der Waals surface area contributed by atoms with Crippen molar-refractivity contribution in [3.8, 4) is 17.2 Å². The predicted molar refractivity (Wildman–Crippen MR) is 87.6 cm³/mol. The summed E-state index contributed by atoms with van der Waals surface area (Å²) in [6, 6.07) is 10.8. The maximum absolute atomic E-state index is 9.41. The van der Waals surface area contributed by atoms with Crippen LogP contribution in [-0.4, -0.2) is 18.3 Å². The van der Waals surface area contributed by atoms with Gasteiger partial charge in [0.2, 0.25) is 0 Å². The minimum Gasteiger partial charge on any atom is -0.508 e. The van der Waals surface area contributed by atoms with Crippen LogP contribution in [0.2, 0.25) is 5.02 Å². The van der Waals surface area contributed by atoms with Gasteiger partial charge in [-0.3, -0.25) is 0 Å². The minimum atomic E-state index is 0.142. The summed E-state index contributed by atoms with van der Waals surface area (Å²) in [6.07, 6.45) is 0.743. The highest BCUT2D eigenvalue weighted by Crippen LogP contribution is 2.32. The molecule has 0 radical (unpaired) electrons. The number of hydrogen-bond donors (Lipinski definition) is 1. The van der Waals surface area contributed by atoms with Crippen LogP contribution in [-0.2, 0) is 0 Å². The van der Waals surface area contributed by atoms with E-state index in [1.165, 1.54) is 6.07 Å². The van der Waals surface area contributed by atoms with Gasteiger partial charge < -0.3 is 14.6 Å². The van der Waals surface area contributed by atoms with E-state index in [1.807, 2.05) is 31.2 Å². The Labute approximate surface area is 137 Å². The molecule has 21 heavy (non-hydrogen) atoms. The SMILES string of the molecule is Cc1cc(O)cc(Cl)c1OCCCOc1ccc(Br)cc1. The van der Waals surface area contributed by atoms with Gasteiger partial charge in [0, 0.05) is 17.0 Å². The van der Waals surface area contributed by atoms with Crippen LogP contribution >= 0.6 is 27.5 Å². The molecule has 2 aromatic rings. The zero-order chi connectivity index (χ0) is 15.2. The molecule has 0 fully saturated rings. The second kappa shape index (κ2) is 7.57. The number of hydrogen-bond acceptors (Lipinski definition) is 3. The van der Waals surface area contributed by atoms with Crippen LogP contribution in [0.25, 0.3) is 0 Å². The maximum Gasteiger partial charge on any atom is 0.141 e. The molecule has 0 amide bonds. The normalized spacial score (nSPS) is 10.4. The topological polar surface area (TPSA) is 38.7 Å². The summed E-state index contributed by atoms with van der Waals surface area (Å²) < 4.78 is 12.3. The molecular formula is C16H16BrClO3. The summed E-state index contributed by atoms with van der Waals surface area (Å²) in [6.45, 7) is 2.91. The van der Waals surface area contributed by atoms with Crippen molar-refractivity contribution in [3.63, 3.8) is 0 Å². The molecule has 112 valence electrons. The summed E-state index contributed by atoms with van der Waals surface area (Å²) in [5, 5.41) is 9.83. The van der Waals surface area contributed by atoms with E-state index in [0.29, 0.717) is 24.0 Å². The third kappa shape index (κ3) is 4.83. The van der Waals surface area contributed by atoms with Crippen molar-refractivity contribution in [2.24, 2.45) is 0 Å². The van der Waals surface area contributed by atoms with Gasteiger partial charge in [0.1, 0.15) is 17.2 Å². The van der Waals surface area contributed by atoms with Crippen LogP contribution in [0.4, 0.5) is 0 Å². The average molecular weight is 372 g/mol. The van der Waals surface area contributed by atoms with Crippen molar-refractivity contribution in [3.05, 3.63) is 51.5 Å². The molecule has 0 bridgehead atoms. The van der Waals surface area contributed by atoms with Crippen LogP contribution in [0.1, 0.15) is 12.0 Å². The van der Waals surface area contributed by atoms with E-state index in [0.717, 1.165) is 22.2 Å². The lowest BCUT2D eigenvalue weighted by Crippen LogP contribution is -2.06. The molecule has 2 rings (SSSR count). The number of aromatic hydroxyl groups is 1. The Balaban J connectivity index is 1.76. The molecule has 2 aromatic carbocycles. The summed E-state index contributed by atoms with van der Waals surface area (Å²) in [5.41, 5.74) is 0.814. The lowest BCUT2D eigenvalue weighted by atomic mass is 10.2. The van der Waals surface area contributed by atoms with Gasteiger partial charge in [-0.2, -0.15) is 0 Å². The van der Waals surface area contributed by atoms with Gasteiger partial charge >= 0.3 is 0 Å². The molecule has 0 aliphatic rings. The highest BCUT2D eigenvalue weighted by atomic mass is 79.9. The molecule has 0 spiro atoms. The molecule has 0 unspecified atom stereocenters. The van der Waals surface area contributed by atoms with Crippen LogP contribution in [0.15, 0.2) is 40.9 Å². The first-order valence-electron chi connectivity index (χ1n) is 6.56. The molecular weight excluding hydrogens is 356 g/mol. The first kappa shape index (κ1) is 16.0. The Kier molecular flexibility index (Phi) is 5.76. The summed E-state index contributed by atoms with van der Waals surface area (Å²) in [7, 11) is 0. The van der Waals surface area contributed by atoms with Gasteiger partial charge in [0.25, 0.3) is 0 Å². The summed E-state index contributed by atoms with van der Waals surface area (Å²) >= 11 is 9.41. The van der Waals surface area contributed by atoms with E-state index < -0.39 is 0 Å². The van der Waals surface area contributed by atoms with E-state index in [9.17, 15) is 5.11 Å². The fraction of sp³-hybridized carbons (Fsp3) is 0.250. The Hall–Kier alpha value is -1.39. The Bertz CT molecular complexity index is 576. The molecule has 5 heteroatoms. The van der Waals surface area contributed by atoms with Crippen molar-refractivity contribution in [2.45, 2.75) is 13.3 Å². The summed E-state index contributed by atoms with van der Waals surface area (Å²) in [4.78, 5) is 0. The highest BCUT2D eigenvalue weighted by molar-refractivity contribution is 9.10.